The molecule has 17 heavy (non-hydrogen) atoms. The number of rotatable bonds is 1. The standard InChI is InChI=1S/C12H22N3OP/c1-7-6-12(16-13-7)14-8(2)10(4)15(17)11(5)9(14)3/h6,8-11H,17H2,1-5H3. The van der Waals surface area contributed by atoms with Crippen LogP contribution in [0.15, 0.2) is 10.6 Å². The van der Waals surface area contributed by atoms with Crippen molar-refractivity contribution in [2.24, 2.45) is 0 Å². The van der Waals surface area contributed by atoms with Crippen LogP contribution in [0.3, 0.4) is 0 Å². The summed E-state index contributed by atoms with van der Waals surface area (Å²) in [6, 6.07) is 3.77. The highest BCUT2D eigenvalue weighted by molar-refractivity contribution is 7.13. The van der Waals surface area contributed by atoms with Crippen LogP contribution in [0.25, 0.3) is 0 Å². The van der Waals surface area contributed by atoms with Gasteiger partial charge in [-0.25, -0.2) is 0 Å². The first-order chi connectivity index (χ1) is 7.93. The molecule has 2 rings (SSSR count). The van der Waals surface area contributed by atoms with Crippen LogP contribution in [0.1, 0.15) is 33.4 Å². The van der Waals surface area contributed by atoms with Crippen molar-refractivity contribution in [1.82, 2.24) is 9.83 Å². The maximum absolute atomic E-state index is 5.43. The van der Waals surface area contributed by atoms with Gasteiger partial charge in [0.25, 0.3) is 0 Å². The van der Waals surface area contributed by atoms with Crippen LogP contribution < -0.4 is 4.90 Å². The molecule has 0 radical (unpaired) electrons. The van der Waals surface area contributed by atoms with E-state index in [4.69, 9.17) is 4.52 Å². The topological polar surface area (TPSA) is 32.5 Å². The van der Waals surface area contributed by atoms with Gasteiger partial charge in [0.15, 0.2) is 0 Å². The van der Waals surface area contributed by atoms with Gasteiger partial charge in [-0.3, -0.25) is 4.67 Å². The van der Waals surface area contributed by atoms with Crippen molar-refractivity contribution < 1.29 is 4.52 Å². The minimum Gasteiger partial charge on any atom is -0.338 e. The molecule has 4 nitrogen and oxygen atoms in total. The molecule has 1 aliphatic heterocycles. The largest absolute Gasteiger partial charge is 0.338 e. The van der Waals surface area contributed by atoms with E-state index in [-0.39, 0.29) is 0 Å². The summed E-state index contributed by atoms with van der Waals surface area (Å²) in [6.07, 6.45) is 0. The molecule has 0 bridgehead atoms. The van der Waals surface area contributed by atoms with Crippen molar-refractivity contribution in [2.45, 2.75) is 58.8 Å². The Bertz CT molecular complexity index is 379. The maximum Gasteiger partial charge on any atom is 0.228 e. The highest BCUT2D eigenvalue weighted by Gasteiger charge is 2.39. The molecule has 0 aromatic carbocycles. The second kappa shape index (κ2) is 4.58. The van der Waals surface area contributed by atoms with E-state index in [0.717, 1.165) is 11.6 Å². The Hall–Kier alpha value is -0.600. The van der Waals surface area contributed by atoms with Crippen LogP contribution in [0.2, 0.25) is 0 Å². The minimum absolute atomic E-state index is 0.408. The third-order valence-electron chi connectivity index (χ3n) is 4.08. The van der Waals surface area contributed by atoms with E-state index in [1.807, 2.05) is 13.0 Å². The van der Waals surface area contributed by atoms with E-state index in [0.29, 0.717) is 24.2 Å². The Morgan fingerprint density at radius 3 is 2.06 bits per heavy atom. The summed E-state index contributed by atoms with van der Waals surface area (Å²) in [7, 11) is 2.85. The third-order valence-corrected chi connectivity index (χ3v) is 5.02. The van der Waals surface area contributed by atoms with Gasteiger partial charge in [-0.1, -0.05) is 14.5 Å². The van der Waals surface area contributed by atoms with Gasteiger partial charge in [0.2, 0.25) is 5.88 Å². The Morgan fingerprint density at radius 1 is 1.12 bits per heavy atom. The van der Waals surface area contributed by atoms with Gasteiger partial charge in [0.05, 0.1) is 5.69 Å². The molecule has 1 aromatic heterocycles. The van der Waals surface area contributed by atoms with Crippen LogP contribution in [-0.2, 0) is 0 Å². The lowest BCUT2D eigenvalue weighted by atomic mass is 9.97. The van der Waals surface area contributed by atoms with Crippen molar-refractivity contribution >= 4 is 15.3 Å². The summed E-state index contributed by atoms with van der Waals surface area (Å²) < 4.78 is 7.78. The van der Waals surface area contributed by atoms with Gasteiger partial charge < -0.3 is 9.42 Å². The Labute approximate surface area is 106 Å². The molecule has 5 atom stereocenters. The Morgan fingerprint density at radius 2 is 1.65 bits per heavy atom. The van der Waals surface area contributed by atoms with Crippen molar-refractivity contribution in [3.05, 3.63) is 11.8 Å². The van der Waals surface area contributed by atoms with Crippen molar-refractivity contribution in [2.75, 3.05) is 4.90 Å². The quantitative estimate of drug-likeness (QED) is 0.722. The average molecular weight is 255 g/mol. The smallest absolute Gasteiger partial charge is 0.228 e. The molecular formula is C12H22N3OP. The van der Waals surface area contributed by atoms with Crippen LogP contribution in [0.5, 0.6) is 0 Å². The summed E-state index contributed by atoms with van der Waals surface area (Å²) in [5.74, 6) is 0.888. The van der Waals surface area contributed by atoms with Gasteiger partial charge in [0, 0.05) is 30.2 Å². The van der Waals surface area contributed by atoms with Crippen LogP contribution in [-0.4, -0.2) is 34.0 Å². The van der Waals surface area contributed by atoms with Gasteiger partial charge in [0.1, 0.15) is 0 Å². The van der Waals surface area contributed by atoms with E-state index in [1.165, 1.54) is 0 Å². The summed E-state index contributed by atoms with van der Waals surface area (Å²) in [4.78, 5) is 2.34. The van der Waals surface area contributed by atoms with E-state index >= 15 is 0 Å². The van der Waals surface area contributed by atoms with Crippen LogP contribution in [0, 0.1) is 6.92 Å². The highest BCUT2D eigenvalue weighted by Crippen LogP contribution is 2.33. The van der Waals surface area contributed by atoms with Gasteiger partial charge >= 0.3 is 0 Å². The van der Waals surface area contributed by atoms with E-state index < -0.39 is 0 Å². The first-order valence-corrected chi connectivity index (χ1v) is 6.69. The molecule has 0 aliphatic carbocycles. The number of aryl methyl sites for hydroxylation is 1. The zero-order valence-corrected chi connectivity index (χ0v) is 12.4. The summed E-state index contributed by atoms with van der Waals surface area (Å²) in [5.41, 5.74) is 0.938. The number of aromatic nitrogens is 1. The monoisotopic (exact) mass is 255 g/mol. The van der Waals surface area contributed by atoms with Gasteiger partial charge in [-0.05, 0) is 34.6 Å². The molecule has 5 heteroatoms. The van der Waals surface area contributed by atoms with Crippen molar-refractivity contribution in [3.8, 4) is 0 Å². The number of hydrogen-bond acceptors (Lipinski definition) is 4. The SMILES string of the molecule is Cc1cc(N2C(C)C(C)N(P)C(C)C2C)on1. The molecule has 1 aromatic rings. The number of piperazine rings is 1. The highest BCUT2D eigenvalue weighted by atomic mass is 31.0. The predicted octanol–water partition coefficient (Wildman–Crippen LogP) is 2.45. The molecule has 96 valence electrons. The summed E-state index contributed by atoms with van der Waals surface area (Å²) in [6.45, 7) is 10.9. The number of nitrogens with zero attached hydrogens (tertiary/aromatic N) is 3. The zero-order valence-electron chi connectivity index (χ0n) is 11.2. The lowest BCUT2D eigenvalue weighted by Crippen LogP contribution is -2.62. The number of hydrogen-bond donors (Lipinski definition) is 0. The van der Waals surface area contributed by atoms with E-state index in [2.05, 4.69) is 51.8 Å². The zero-order chi connectivity index (χ0) is 12.7. The molecule has 0 N–H and O–H groups in total. The van der Waals surface area contributed by atoms with Gasteiger partial charge in [-0.2, -0.15) is 0 Å². The number of anilines is 1. The molecule has 1 aliphatic rings. The lowest BCUT2D eigenvalue weighted by molar-refractivity contribution is 0.175. The van der Waals surface area contributed by atoms with Crippen LogP contribution >= 0.6 is 9.39 Å². The molecule has 0 amide bonds. The maximum atomic E-state index is 5.43. The van der Waals surface area contributed by atoms with Crippen LogP contribution in [0.4, 0.5) is 5.88 Å². The summed E-state index contributed by atoms with van der Waals surface area (Å²) >= 11 is 0. The minimum atomic E-state index is 0.408. The van der Waals surface area contributed by atoms with Crippen molar-refractivity contribution in [3.63, 3.8) is 0 Å². The summed E-state index contributed by atoms with van der Waals surface area (Å²) in [5, 5.41) is 3.99. The molecule has 1 fully saturated rings. The molecule has 5 unspecified atom stereocenters. The molecule has 1 saturated heterocycles. The second-order valence-electron chi connectivity index (χ2n) is 5.12. The Balaban J connectivity index is 2.32. The van der Waals surface area contributed by atoms with E-state index in [1.54, 1.807) is 0 Å². The fourth-order valence-electron chi connectivity index (χ4n) is 2.58. The predicted molar refractivity (Wildman–Crippen MR) is 73.1 cm³/mol. The first kappa shape index (κ1) is 12.8. The van der Waals surface area contributed by atoms with E-state index in [9.17, 15) is 0 Å². The first-order valence-electron chi connectivity index (χ1n) is 6.18. The molecule has 0 spiro atoms. The molecule has 2 heterocycles. The van der Waals surface area contributed by atoms with Crippen molar-refractivity contribution in [1.29, 1.82) is 0 Å². The fourth-order valence-corrected chi connectivity index (χ4v) is 3.08. The fraction of sp³-hybridized carbons (Fsp3) is 0.750. The molecular weight excluding hydrogens is 233 g/mol. The second-order valence-corrected chi connectivity index (χ2v) is 5.72. The van der Waals surface area contributed by atoms with Gasteiger partial charge in [-0.15, -0.1) is 0 Å². The lowest BCUT2D eigenvalue weighted by Gasteiger charge is -2.51. The molecule has 0 saturated carbocycles. The Kier molecular flexibility index (Phi) is 3.46. The third kappa shape index (κ3) is 2.09. The average Bonchev–Trinajstić information content (AvgIpc) is 2.71. The normalized spacial score (nSPS) is 35.3.